The number of nitrogens with zero attached hydrogens (tertiary/aromatic N) is 1. The van der Waals surface area contributed by atoms with Crippen LogP contribution >= 0.6 is 15.9 Å². The topological polar surface area (TPSA) is 38.8 Å². The Balaban J connectivity index is 1.94. The monoisotopic (exact) mass is 381 g/mol. The molecular weight excluding hydrogens is 358 g/mol. The van der Waals surface area contributed by atoms with Crippen LogP contribution in [0.1, 0.15) is 48.9 Å². The van der Waals surface area contributed by atoms with Gasteiger partial charge in [0.25, 0.3) is 5.91 Å². The molecule has 2 aliphatic rings. The van der Waals surface area contributed by atoms with Crippen LogP contribution in [-0.2, 0) is 0 Å². The van der Waals surface area contributed by atoms with Gasteiger partial charge < -0.3 is 14.4 Å². The summed E-state index contributed by atoms with van der Waals surface area (Å²) < 4.78 is 11.5. The standard InChI is InChI=1S/C18H24BrNO3/c1-22-13-10-14(17(23-2)15(19)11-13)18(21)20-9-5-7-12-6-3-4-8-16(12)20/h10-12,16H,3-9H2,1-2H3/t12-,16-/m0/s1. The van der Waals surface area contributed by atoms with Gasteiger partial charge in [0, 0.05) is 12.6 Å². The number of carbonyl (C=O) groups excluding carboxylic acids is 1. The number of amides is 1. The molecule has 5 heteroatoms. The maximum absolute atomic E-state index is 13.2. The number of halogens is 1. The van der Waals surface area contributed by atoms with Crippen LogP contribution in [0.5, 0.6) is 11.5 Å². The first-order valence-corrected chi connectivity index (χ1v) is 9.17. The highest BCUT2D eigenvalue weighted by atomic mass is 79.9. The molecule has 2 fully saturated rings. The lowest BCUT2D eigenvalue weighted by molar-refractivity contribution is 0.0387. The number of benzene rings is 1. The summed E-state index contributed by atoms with van der Waals surface area (Å²) in [5.74, 6) is 1.99. The van der Waals surface area contributed by atoms with Crippen molar-refractivity contribution in [2.75, 3.05) is 20.8 Å². The first kappa shape index (κ1) is 16.6. The van der Waals surface area contributed by atoms with E-state index in [2.05, 4.69) is 20.8 Å². The number of ether oxygens (including phenoxy) is 2. The van der Waals surface area contributed by atoms with Crippen LogP contribution in [0, 0.1) is 5.92 Å². The van der Waals surface area contributed by atoms with Crippen LogP contribution in [0.4, 0.5) is 0 Å². The molecule has 0 unspecified atom stereocenters. The summed E-state index contributed by atoms with van der Waals surface area (Å²) in [5.41, 5.74) is 0.588. The first-order valence-electron chi connectivity index (χ1n) is 8.38. The van der Waals surface area contributed by atoms with E-state index < -0.39 is 0 Å². The number of piperidine rings is 1. The summed E-state index contributed by atoms with van der Waals surface area (Å²) in [6, 6.07) is 4.01. The number of likely N-dealkylation sites (tertiary alicyclic amines) is 1. The van der Waals surface area contributed by atoms with Crippen LogP contribution in [-0.4, -0.2) is 37.6 Å². The zero-order valence-electron chi connectivity index (χ0n) is 13.8. The summed E-state index contributed by atoms with van der Waals surface area (Å²) >= 11 is 3.48. The highest BCUT2D eigenvalue weighted by Crippen LogP contribution is 2.39. The van der Waals surface area contributed by atoms with Crippen LogP contribution in [0.2, 0.25) is 0 Å². The Morgan fingerprint density at radius 3 is 2.61 bits per heavy atom. The predicted octanol–water partition coefficient (Wildman–Crippen LogP) is 4.26. The molecule has 1 saturated heterocycles. The van der Waals surface area contributed by atoms with Crippen LogP contribution in [0.25, 0.3) is 0 Å². The summed E-state index contributed by atoms with van der Waals surface area (Å²) in [5, 5.41) is 0. The second-order valence-electron chi connectivity index (χ2n) is 6.44. The molecule has 1 saturated carbocycles. The fourth-order valence-corrected chi connectivity index (χ4v) is 4.69. The van der Waals surface area contributed by atoms with E-state index in [4.69, 9.17) is 9.47 Å². The molecule has 1 aromatic carbocycles. The fourth-order valence-electron chi connectivity index (χ4n) is 4.08. The summed E-state index contributed by atoms with van der Waals surface area (Å²) in [6.45, 7) is 0.845. The van der Waals surface area contributed by atoms with Gasteiger partial charge in [-0.3, -0.25) is 4.79 Å². The van der Waals surface area contributed by atoms with Crippen molar-refractivity contribution in [1.82, 2.24) is 4.90 Å². The highest BCUT2D eigenvalue weighted by Gasteiger charge is 2.37. The molecule has 3 rings (SSSR count). The smallest absolute Gasteiger partial charge is 0.258 e. The molecule has 1 aliphatic heterocycles. The third-order valence-electron chi connectivity index (χ3n) is 5.19. The van der Waals surface area contributed by atoms with Gasteiger partial charge in [0.05, 0.1) is 24.3 Å². The molecule has 1 amide bonds. The van der Waals surface area contributed by atoms with Gasteiger partial charge >= 0.3 is 0 Å². The Kier molecular flexibility index (Phi) is 5.14. The molecule has 1 heterocycles. The zero-order chi connectivity index (χ0) is 16.4. The molecule has 0 N–H and O–H groups in total. The average molecular weight is 382 g/mol. The van der Waals surface area contributed by atoms with E-state index >= 15 is 0 Å². The predicted molar refractivity (Wildman–Crippen MR) is 93.3 cm³/mol. The minimum atomic E-state index is 0.0676. The van der Waals surface area contributed by atoms with Gasteiger partial charge in [-0.1, -0.05) is 12.8 Å². The Bertz CT molecular complexity index is 588. The van der Waals surface area contributed by atoms with Gasteiger partial charge in [0.1, 0.15) is 11.5 Å². The minimum absolute atomic E-state index is 0.0676. The summed E-state index contributed by atoms with van der Waals surface area (Å²) in [7, 11) is 3.21. The average Bonchev–Trinajstić information content (AvgIpc) is 2.59. The first-order chi connectivity index (χ1) is 11.2. The normalized spacial score (nSPS) is 24.0. The number of hydrogen-bond acceptors (Lipinski definition) is 3. The van der Waals surface area contributed by atoms with Gasteiger partial charge in [-0.15, -0.1) is 0 Å². The third kappa shape index (κ3) is 3.21. The molecule has 0 aromatic heterocycles. The van der Waals surface area contributed by atoms with Crippen molar-refractivity contribution < 1.29 is 14.3 Å². The third-order valence-corrected chi connectivity index (χ3v) is 5.78. The van der Waals surface area contributed by atoms with Gasteiger partial charge in [0.2, 0.25) is 0 Å². The van der Waals surface area contributed by atoms with E-state index in [1.807, 2.05) is 6.07 Å². The Hall–Kier alpha value is -1.23. The number of carbonyl (C=O) groups is 1. The molecule has 126 valence electrons. The highest BCUT2D eigenvalue weighted by molar-refractivity contribution is 9.10. The van der Waals surface area contributed by atoms with Crippen molar-refractivity contribution in [3.8, 4) is 11.5 Å². The summed E-state index contributed by atoms with van der Waals surface area (Å²) in [4.78, 5) is 15.3. The lowest BCUT2D eigenvalue weighted by atomic mass is 9.78. The van der Waals surface area contributed by atoms with Crippen LogP contribution in [0.3, 0.4) is 0 Å². The van der Waals surface area contributed by atoms with E-state index in [1.54, 1.807) is 20.3 Å². The minimum Gasteiger partial charge on any atom is -0.497 e. The largest absolute Gasteiger partial charge is 0.497 e. The molecule has 23 heavy (non-hydrogen) atoms. The summed E-state index contributed by atoms with van der Waals surface area (Å²) in [6.07, 6.45) is 7.27. The molecule has 0 radical (unpaired) electrons. The molecule has 0 bridgehead atoms. The lowest BCUT2D eigenvalue weighted by Gasteiger charge is -2.44. The second-order valence-corrected chi connectivity index (χ2v) is 7.30. The van der Waals surface area contributed by atoms with Gasteiger partial charge in [-0.05, 0) is 59.7 Å². The van der Waals surface area contributed by atoms with Crippen molar-refractivity contribution in [3.05, 3.63) is 22.2 Å². The van der Waals surface area contributed by atoms with Crippen molar-refractivity contribution in [3.63, 3.8) is 0 Å². The molecular formula is C18H24BrNO3. The van der Waals surface area contributed by atoms with Crippen molar-refractivity contribution in [2.24, 2.45) is 5.92 Å². The van der Waals surface area contributed by atoms with E-state index in [0.29, 0.717) is 29.0 Å². The van der Waals surface area contributed by atoms with Crippen molar-refractivity contribution in [2.45, 2.75) is 44.6 Å². The maximum atomic E-state index is 13.2. The number of methoxy groups -OCH3 is 2. The van der Waals surface area contributed by atoms with E-state index in [0.717, 1.165) is 23.9 Å². The van der Waals surface area contributed by atoms with E-state index in [9.17, 15) is 4.79 Å². The van der Waals surface area contributed by atoms with Crippen LogP contribution in [0.15, 0.2) is 16.6 Å². The fraction of sp³-hybridized carbons (Fsp3) is 0.611. The van der Waals surface area contributed by atoms with Crippen molar-refractivity contribution in [1.29, 1.82) is 0 Å². The van der Waals surface area contributed by atoms with Gasteiger partial charge in [0.15, 0.2) is 0 Å². The van der Waals surface area contributed by atoms with Gasteiger partial charge in [-0.2, -0.15) is 0 Å². The number of fused-ring (bicyclic) bond motifs is 1. The zero-order valence-corrected chi connectivity index (χ0v) is 15.4. The van der Waals surface area contributed by atoms with E-state index in [-0.39, 0.29) is 5.91 Å². The van der Waals surface area contributed by atoms with Crippen molar-refractivity contribution >= 4 is 21.8 Å². The quantitative estimate of drug-likeness (QED) is 0.784. The van der Waals surface area contributed by atoms with Gasteiger partial charge in [-0.25, -0.2) is 0 Å². The molecule has 1 aliphatic carbocycles. The molecule has 4 nitrogen and oxygen atoms in total. The maximum Gasteiger partial charge on any atom is 0.258 e. The number of hydrogen-bond donors (Lipinski definition) is 0. The Morgan fingerprint density at radius 1 is 1.13 bits per heavy atom. The number of rotatable bonds is 3. The molecule has 0 spiro atoms. The Labute approximate surface area is 146 Å². The lowest BCUT2D eigenvalue weighted by Crippen LogP contribution is -2.49. The second kappa shape index (κ2) is 7.12. The Morgan fingerprint density at radius 2 is 1.87 bits per heavy atom. The molecule has 1 aromatic rings. The SMILES string of the molecule is COc1cc(Br)c(OC)c(C(=O)N2CCC[C@@H]3CCCC[C@@H]32)c1. The van der Waals surface area contributed by atoms with Crippen LogP contribution < -0.4 is 9.47 Å². The van der Waals surface area contributed by atoms with E-state index in [1.165, 1.54) is 25.7 Å². The molecule has 2 atom stereocenters.